The maximum absolute atomic E-state index is 11.8. The highest BCUT2D eigenvalue weighted by atomic mass is 16.7. The molecule has 2 N–H and O–H groups in total. The van der Waals surface area contributed by atoms with E-state index in [1.807, 2.05) is 0 Å². The first-order valence-electron chi connectivity index (χ1n) is 7.06. The van der Waals surface area contributed by atoms with Crippen molar-refractivity contribution in [1.29, 1.82) is 0 Å². The van der Waals surface area contributed by atoms with Crippen molar-refractivity contribution in [2.75, 3.05) is 19.7 Å². The highest BCUT2D eigenvalue weighted by Crippen LogP contribution is 2.12. The minimum atomic E-state index is -0.786. The summed E-state index contributed by atoms with van der Waals surface area (Å²) in [7, 11) is 0. The normalized spacial score (nSPS) is 9.73. The number of carbonyl (C=O) groups excluding carboxylic acids is 3. The number of hydrogen-bond acceptors (Lipinski definition) is 5. The smallest absolute Gasteiger partial charge is 0.434 e. The Morgan fingerprint density at radius 3 is 2.23 bits per heavy atom. The van der Waals surface area contributed by atoms with Gasteiger partial charge in [0.25, 0.3) is 5.91 Å². The van der Waals surface area contributed by atoms with E-state index in [-0.39, 0.29) is 18.4 Å². The van der Waals surface area contributed by atoms with Crippen LogP contribution in [0.5, 0.6) is 5.75 Å². The van der Waals surface area contributed by atoms with E-state index in [1.165, 1.54) is 24.3 Å². The summed E-state index contributed by atoms with van der Waals surface area (Å²) < 4.78 is 9.53. The summed E-state index contributed by atoms with van der Waals surface area (Å²) in [4.78, 5) is 34.0. The molecule has 1 aromatic rings. The van der Waals surface area contributed by atoms with E-state index in [0.717, 1.165) is 0 Å². The van der Waals surface area contributed by atoms with Crippen molar-refractivity contribution in [3.05, 3.63) is 29.8 Å². The zero-order chi connectivity index (χ0) is 16.4. The summed E-state index contributed by atoms with van der Waals surface area (Å²) in [5, 5.41) is 5.33. The van der Waals surface area contributed by atoms with Gasteiger partial charge in [0, 0.05) is 25.1 Å². The van der Waals surface area contributed by atoms with Crippen LogP contribution in [-0.4, -0.2) is 37.7 Å². The highest BCUT2D eigenvalue weighted by Gasteiger charge is 2.08. The molecule has 22 heavy (non-hydrogen) atoms. The van der Waals surface area contributed by atoms with Gasteiger partial charge in [0.05, 0.1) is 6.61 Å². The van der Waals surface area contributed by atoms with E-state index < -0.39 is 6.16 Å². The van der Waals surface area contributed by atoms with Crippen molar-refractivity contribution in [3.8, 4) is 5.75 Å². The van der Waals surface area contributed by atoms with Crippen molar-refractivity contribution >= 4 is 18.0 Å². The number of nitrogens with one attached hydrogen (secondary N) is 2. The van der Waals surface area contributed by atoms with Gasteiger partial charge < -0.3 is 20.1 Å². The fraction of sp³-hybridized carbons (Fsp3) is 0.400. The largest absolute Gasteiger partial charge is 0.513 e. The Kier molecular flexibility index (Phi) is 7.45. The summed E-state index contributed by atoms with van der Waals surface area (Å²) in [6, 6.07) is 6.08. The standard InChI is InChI=1S/C15H20N2O5/c1-3-13(18)16-9-10-17-14(19)11-5-7-12(8-6-11)22-15(20)21-4-2/h5-8H,3-4,9-10H2,1-2H3,(H,16,18)(H,17,19). The van der Waals surface area contributed by atoms with Crippen LogP contribution in [-0.2, 0) is 9.53 Å². The lowest BCUT2D eigenvalue weighted by atomic mass is 10.2. The lowest BCUT2D eigenvalue weighted by molar-refractivity contribution is -0.120. The maximum atomic E-state index is 11.8. The average molecular weight is 308 g/mol. The summed E-state index contributed by atoms with van der Waals surface area (Å²) in [6.07, 6.45) is -0.373. The molecule has 7 heteroatoms. The van der Waals surface area contributed by atoms with E-state index in [4.69, 9.17) is 4.74 Å². The van der Waals surface area contributed by atoms with Gasteiger partial charge in [-0.15, -0.1) is 0 Å². The van der Waals surface area contributed by atoms with E-state index in [2.05, 4.69) is 15.4 Å². The predicted octanol–water partition coefficient (Wildman–Crippen LogP) is 1.48. The van der Waals surface area contributed by atoms with Crippen LogP contribution in [0.3, 0.4) is 0 Å². The summed E-state index contributed by atoms with van der Waals surface area (Å²) in [5.41, 5.74) is 0.429. The minimum Gasteiger partial charge on any atom is -0.434 e. The molecule has 1 aromatic carbocycles. The van der Waals surface area contributed by atoms with Crippen LogP contribution in [0.4, 0.5) is 4.79 Å². The maximum Gasteiger partial charge on any atom is 0.513 e. The average Bonchev–Trinajstić information content (AvgIpc) is 2.52. The van der Waals surface area contributed by atoms with Crippen molar-refractivity contribution in [1.82, 2.24) is 10.6 Å². The van der Waals surface area contributed by atoms with Crippen LogP contribution in [0.1, 0.15) is 30.6 Å². The Bertz CT molecular complexity index is 513. The molecule has 0 aliphatic rings. The lowest BCUT2D eigenvalue weighted by Gasteiger charge is -2.07. The third-order valence-electron chi connectivity index (χ3n) is 2.63. The molecule has 0 fully saturated rings. The molecule has 120 valence electrons. The Labute approximate surface area is 129 Å². The molecule has 0 aromatic heterocycles. The second-order valence-corrected chi connectivity index (χ2v) is 4.27. The molecule has 1 rings (SSSR count). The summed E-state index contributed by atoms with van der Waals surface area (Å²) in [6.45, 7) is 4.38. The minimum absolute atomic E-state index is 0.0604. The zero-order valence-corrected chi connectivity index (χ0v) is 12.7. The van der Waals surface area contributed by atoms with Crippen LogP contribution >= 0.6 is 0 Å². The highest BCUT2D eigenvalue weighted by molar-refractivity contribution is 5.94. The van der Waals surface area contributed by atoms with E-state index in [1.54, 1.807) is 13.8 Å². The SMILES string of the molecule is CCOC(=O)Oc1ccc(C(=O)NCCNC(=O)CC)cc1. The lowest BCUT2D eigenvalue weighted by Crippen LogP contribution is -2.34. The third-order valence-corrected chi connectivity index (χ3v) is 2.63. The molecule has 0 aliphatic heterocycles. The van der Waals surface area contributed by atoms with Crippen LogP contribution in [0.15, 0.2) is 24.3 Å². The van der Waals surface area contributed by atoms with Crippen LogP contribution in [0.25, 0.3) is 0 Å². The van der Waals surface area contributed by atoms with Gasteiger partial charge in [0.1, 0.15) is 5.75 Å². The number of carbonyl (C=O) groups is 3. The molecular weight excluding hydrogens is 288 g/mol. The van der Waals surface area contributed by atoms with Gasteiger partial charge in [-0.2, -0.15) is 0 Å². The molecule has 0 bridgehead atoms. The molecule has 0 atom stereocenters. The van der Waals surface area contributed by atoms with Gasteiger partial charge in [-0.1, -0.05) is 6.92 Å². The second kappa shape index (κ2) is 9.38. The number of amides is 2. The monoisotopic (exact) mass is 308 g/mol. The molecule has 0 spiro atoms. The number of rotatable bonds is 7. The van der Waals surface area contributed by atoms with Crippen molar-refractivity contribution in [2.45, 2.75) is 20.3 Å². The van der Waals surface area contributed by atoms with Crippen molar-refractivity contribution < 1.29 is 23.9 Å². The number of ether oxygens (including phenoxy) is 2. The van der Waals surface area contributed by atoms with Crippen LogP contribution < -0.4 is 15.4 Å². The van der Waals surface area contributed by atoms with Gasteiger partial charge >= 0.3 is 6.16 Å². The summed E-state index contributed by atoms with van der Waals surface area (Å²) in [5.74, 6) is -0.0339. The van der Waals surface area contributed by atoms with E-state index in [0.29, 0.717) is 30.8 Å². The molecule has 0 radical (unpaired) electrons. The predicted molar refractivity (Wildman–Crippen MR) is 79.7 cm³/mol. The molecule has 0 saturated carbocycles. The first-order valence-corrected chi connectivity index (χ1v) is 7.06. The molecule has 2 amide bonds. The van der Waals surface area contributed by atoms with Gasteiger partial charge in [-0.25, -0.2) is 4.79 Å². The second-order valence-electron chi connectivity index (χ2n) is 4.27. The first kappa shape index (κ1) is 17.5. The fourth-order valence-corrected chi connectivity index (χ4v) is 1.52. The van der Waals surface area contributed by atoms with E-state index in [9.17, 15) is 14.4 Å². The molecule has 0 aliphatic carbocycles. The van der Waals surface area contributed by atoms with Gasteiger partial charge in [-0.3, -0.25) is 9.59 Å². The zero-order valence-electron chi connectivity index (χ0n) is 12.7. The Balaban J connectivity index is 2.40. The molecule has 7 nitrogen and oxygen atoms in total. The van der Waals surface area contributed by atoms with Gasteiger partial charge in [0.15, 0.2) is 0 Å². The Morgan fingerprint density at radius 1 is 1.00 bits per heavy atom. The molecular formula is C15H20N2O5. The van der Waals surface area contributed by atoms with Gasteiger partial charge in [0.2, 0.25) is 5.91 Å². The topological polar surface area (TPSA) is 93.7 Å². The van der Waals surface area contributed by atoms with Crippen LogP contribution in [0, 0.1) is 0 Å². The van der Waals surface area contributed by atoms with E-state index >= 15 is 0 Å². The van der Waals surface area contributed by atoms with Gasteiger partial charge in [-0.05, 0) is 31.2 Å². The Hall–Kier alpha value is -2.57. The number of benzene rings is 1. The molecule has 0 saturated heterocycles. The fourth-order valence-electron chi connectivity index (χ4n) is 1.52. The van der Waals surface area contributed by atoms with Crippen LogP contribution in [0.2, 0.25) is 0 Å². The van der Waals surface area contributed by atoms with Crippen molar-refractivity contribution in [3.63, 3.8) is 0 Å². The summed E-state index contributed by atoms with van der Waals surface area (Å²) >= 11 is 0. The molecule has 0 heterocycles. The quantitative estimate of drug-likeness (QED) is 0.452. The Morgan fingerprint density at radius 2 is 1.64 bits per heavy atom. The molecule has 0 unspecified atom stereocenters. The third kappa shape index (κ3) is 6.25. The first-order chi connectivity index (χ1) is 10.6. The van der Waals surface area contributed by atoms with Crippen molar-refractivity contribution in [2.24, 2.45) is 0 Å². The number of hydrogen-bond donors (Lipinski definition) is 2.